The number of thiophene rings is 1. The van der Waals surface area contributed by atoms with Crippen molar-refractivity contribution in [1.82, 2.24) is 0 Å². The Morgan fingerprint density at radius 2 is 1.71 bits per heavy atom. The van der Waals surface area contributed by atoms with Crippen LogP contribution in [0.5, 0.6) is 0 Å². The van der Waals surface area contributed by atoms with Crippen molar-refractivity contribution in [3.8, 4) is 11.1 Å². The molecule has 1 amide bonds. The molecule has 0 aliphatic rings. The Bertz CT molecular complexity index is 852. The Hall–Kier alpha value is -2.67. The monoisotopic (exact) mass is 403 g/mol. The third-order valence-electron chi connectivity index (χ3n) is 4.05. The van der Waals surface area contributed by atoms with Crippen LogP contribution in [0.4, 0.5) is 5.00 Å². The highest BCUT2D eigenvalue weighted by Crippen LogP contribution is 2.37. The van der Waals surface area contributed by atoms with Crippen LogP contribution >= 0.6 is 11.3 Å². The molecule has 6 nitrogen and oxygen atoms in total. The van der Waals surface area contributed by atoms with E-state index in [2.05, 4.69) is 19.2 Å². The number of ether oxygens (including phenoxy) is 1. The van der Waals surface area contributed by atoms with Crippen LogP contribution in [0.3, 0.4) is 0 Å². The van der Waals surface area contributed by atoms with Gasteiger partial charge in [0.2, 0.25) is 5.91 Å². The molecule has 2 aromatic rings. The molecule has 1 aromatic heterocycles. The molecule has 1 heterocycles. The molecule has 0 saturated carbocycles. The highest BCUT2D eigenvalue weighted by atomic mass is 32.1. The Balaban J connectivity index is 2.37. The number of carboxylic acid groups (broad SMARTS) is 1. The van der Waals surface area contributed by atoms with Gasteiger partial charge in [0.05, 0.1) is 12.5 Å². The van der Waals surface area contributed by atoms with Gasteiger partial charge in [-0.3, -0.25) is 9.59 Å². The number of hydrogen-bond acceptors (Lipinski definition) is 5. The first-order valence-corrected chi connectivity index (χ1v) is 10.0. The van der Waals surface area contributed by atoms with Gasteiger partial charge < -0.3 is 15.2 Å². The summed E-state index contributed by atoms with van der Waals surface area (Å²) in [6, 6.07) is 7.92. The molecule has 1 aromatic carbocycles. The molecule has 2 N–H and O–H groups in total. The van der Waals surface area contributed by atoms with Crippen molar-refractivity contribution in [3.05, 3.63) is 40.8 Å². The van der Waals surface area contributed by atoms with Crippen molar-refractivity contribution >= 4 is 34.2 Å². The molecule has 2 rings (SSSR count). The van der Waals surface area contributed by atoms with Gasteiger partial charge in [-0.25, -0.2) is 4.79 Å². The zero-order chi connectivity index (χ0) is 20.8. The lowest BCUT2D eigenvalue weighted by molar-refractivity contribution is -0.138. The zero-order valence-electron chi connectivity index (χ0n) is 16.4. The SMILES string of the molecule is CC(C)OC(=O)c1c(-c2ccc(C(C)C)cc2)csc1NC(=O)CCC(=O)O. The minimum atomic E-state index is -1.05. The zero-order valence-corrected chi connectivity index (χ0v) is 17.3. The topological polar surface area (TPSA) is 92.7 Å². The average molecular weight is 404 g/mol. The van der Waals surface area contributed by atoms with E-state index in [9.17, 15) is 14.4 Å². The lowest BCUT2D eigenvalue weighted by Crippen LogP contribution is -2.17. The fourth-order valence-electron chi connectivity index (χ4n) is 2.60. The molecular weight excluding hydrogens is 378 g/mol. The molecule has 0 radical (unpaired) electrons. The molecule has 0 aliphatic heterocycles. The summed E-state index contributed by atoms with van der Waals surface area (Å²) in [6.07, 6.45) is -0.740. The van der Waals surface area contributed by atoms with Crippen LogP contribution in [0, 0.1) is 0 Å². The van der Waals surface area contributed by atoms with Gasteiger partial charge in [0.15, 0.2) is 0 Å². The van der Waals surface area contributed by atoms with Crippen molar-refractivity contribution in [2.45, 2.75) is 52.6 Å². The summed E-state index contributed by atoms with van der Waals surface area (Å²) in [4.78, 5) is 35.4. The summed E-state index contributed by atoms with van der Waals surface area (Å²) < 4.78 is 5.36. The van der Waals surface area contributed by atoms with Gasteiger partial charge in [0, 0.05) is 17.4 Å². The van der Waals surface area contributed by atoms with Crippen LogP contribution < -0.4 is 5.32 Å². The molecule has 0 bridgehead atoms. The predicted molar refractivity (Wildman–Crippen MR) is 110 cm³/mol. The number of anilines is 1. The van der Waals surface area contributed by atoms with E-state index in [1.54, 1.807) is 19.2 Å². The predicted octanol–water partition coefficient (Wildman–Crippen LogP) is 4.91. The van der Waals surface area contributed by atoms with E-state index in [4.69, 9.17) is 9.84 Å². The third-order valence-corrected chi connectivity index (χ3v) is 4.94. The summed E-state index contributed by atoms with van der Waals surface area (Å²) in [5.41, 5.74) is 3.01. The summed E-state index contributed by atoms with van der Waals surface area (Å²) in [5.74, 6) is -1.63. The quantitative estimate of drug-likeness (QED) is 0.611. The summed E-state index contributed by atoms with van der Waals surface area (Å²) in [7, 11) is 0. The van der Waals surface area contributed by atoms with Gasteiger partial charge >= 0.3 is 11.9 Å². The summed E-state index contributed by atoms with van der Waals surface area (Å²) >= 11 is 1.22. The van der Waals surface area contributed by atoms with Crippen molar-refractivity contribution in [2.24, 2.45) is 0 Å². The Labute approximate surface area is 168 Å². The Morgan fingerprint density at radius 3 is 2.25 bits per heavy atom. The fourth-order valence-corrected chi connectivity index (χ4v) is 3.57. The van der Waals surface area contributed by atoms with Crippen LogP contribution in [0.25, 0.3) is 11.1 Å². The van der Waals surface area contributed by atoms with E-state index < -0.39 is 17.8 Å². The van der Waals surface area contributed by atoms with Gasteiger partial charge in [-0.1, -0.05) is 38.1 Å². The van der Waals surface area contributed by atoms with Crippen LogP contribution in [0.15, 0.2) is 29.6 Å². The van der Waals surface area contributed by atoms with Crippen molar-refractivity contribution < 1.29 is 24.2 Å². The van der Waals surface area contributed by atoms with Crippen molar-refractivity contribution in [1.29, 1.82) is 0 Å². The van der Waals surface area contributed by atoms with Crippen LogP contribution in [-0.2, 0) is 14.3 Å². The van der Waals surface area contributed by atoms with Crippen LogP contribution in [0.1, 0.15) is 62.4 Å². The first-order chi connectivity index (χ1) is 13.2. The first-order valence-electron chi connectivity index (χ1n) is 9.13. The lowest BCUT2D eigenvalue weighted by Gasteiger charge is -2.12. The van der Waals surface area contributed by atoms with Crippen LogP contribution in [-0.4, -0.2) is 29.1 Å². The smallest absolute Gasteiger partial charge is 0.342 e. The second-order valence-corrected chi connectivity index (χ2v) is 7.91. The number of aliphatic carboxylic acids is 1. The van der Waals surface area contributed by atoms with E-state index in [-0.39, 0.29) is 18.9 Å². The Kier molecular flexibility index (Phi) is 7.34. The number of carbonyl (C=O) groups is 3. The number of esters is 1. The fraction of sp³-hybridized carbons (Fsp3) is 0.381. The molecule has 150 valence electrons. The molecule has 0 aliphatic carbocycles. The van der Waals surface area contributed by atoms with Gasteiger partial charge in [-0.15, -0.1) is 11.3 Å². The number of hydrogen-bond donors (Lipinski definition) is 2. The van der Waals surface area contributed by atoms with Gasteiger partial charge in [0.25, 0.3) is 0 Å². The highest BCUT2D eigenvalue weighted by Gasteiger charge is 2.24. The number of nitrogens with one attached hydrogen (secondary N) is 1. The third kappa shape index (κ3) is 5.66. The molecule has 0 fully saturated rings. The normalized spacial score (nSPS) is 10.9. The molecular formula is C21H25NO5S. The van der Waals surface area contributed by atoms with E-state index in [0.29, 0.717) is 22.0 Å². The second kappa shape index (κ2) is 9.50. The number of amides is 1. The molecule has 0 atom stereocenters. The number of benzene rings is 1. The van der Waals surface area contributed by atoms with Gasteiger partial charge in [0.1, 0.15) is 10.6 Å². The summed E-state index contributed by atoms with van der Waals surface area (Å²) in [5, 5.41) is 13.6. The van der Waals surface area contributed by atoms with Crippen molar-refractivity contribution in [3.63, 3.8) is 0 Å². The molecule has 0 spiro atoms. The average Bonchev–Trinajstić information content (AvgIpc) is 3.03. The highest BCUT2D eigenvalue weighted by molar-refractivity contribution is 7.15. The van der Waals surface area contributed by atoms with E-state index in [0.717, 1.165) is 5.56 Å². The number of rotatable bonds is 8. The number of carboxylic acids is 1. The summed E-state index contributed by atoms with van der Waals surface area (Å²) in [6.45, 7) is 7.73. The van der Waals surface area contributed by atoms with Crippen LogP contribution in [0.2, 0.25) is 0 Å². The maximum atomic E-state index is 12.7. The molecule has 28 heavy (non-hydrogen) atoms. The molecule has 7 heteroatoms. The minimum Gasteiger partial charge on any atom is -0.481 e. The van der Waals surface area contributed by atoms with Crippen molar-refractivity contribution in [2.75, 3.05) is 5.32 Å². The van der Waals surface area contributed by atoms with Gasteiger partial charge in [-0.2, -0.15) is 0 Å². The maximum absolute atomic E-state index is 12.7. The lowest BCUT2D eigenvalue weighted by atomic mass is 9.98. The number of carbonyl (C=O) groups excluding carboxylic acids is 2. The first kappa shape index (κ1) is 21.6. The standard InChI is InChI=1S/C21H25NO5S/c1-12(2)14-5-7-15(8-6-14)16-11-28-20(19(16)21(26)27-13(3)4)22-17(23)9-10-18(24)25/h5-8,11-13H,9-10H2,1-4H3,(H,22,23)(H,24,25). The van der Waals surface area contributed by atoms with E-state index in [1.165, 1.54) is 16.9 Å². The maximum Gasteiger partial charge on any atom is 0.342 e. The second-order valence-electron chi connectivity index (χ2n) is 7.03. The Morgan fingerprint density at radius 1 is 1.07 bits per heavy atom. The van der Waals surface area contributed by atoms with E-state index in [1.807, 2.05) is 24.3 Å². The molecule has 0 saturated heterocycles. The largest absolute Gasteiger partial charge is 0.481 e. The minimum absolute atomic E-state index is 0.162. The van der Waals surface area contributed by atoms with E-state index >= 15 is 0 Å². The van der Waals surface area contributed by atoms with Gasteiger partial charge in [-0.05, 0) is 30.9 Å². The molecule has 0 unspecified atom stereocenters.